The van der Waals surface area contributed by atoms with Crippen LogP contribution in [0, 0.1) is 5.92 Å². The molecule has 0 unspecified atom stereocenters. The third-order valence-corrected chi connectivity index (χ3v) is 5.71. The van der Waals surface area contributed by atoms with Crippen LogP contribution in [0.25, 0.3) is 0 Å². The second-order valence-electron chi connectivity index (χ2n) is 4.81. The lowest BCUT2D eigenvalue weighted by Crippen LogP contribution is -2.42. The Labute approximate surface area is 120 Å². The predicted octanol–water partition coefficient (Wildman–Crippen LogP) is 2.93. The van der Waals surface area contributed by atoms with Crippen LogP contribution in [0.4, 0.5) is 13.2 Å². The minimum atomic E-state index is -5.03. The molecule has 0 bridgehead atoms. The number of Topliss-reactive ketones (excluding diaryl/α,β-unsaturated/α-hetero) is 1. The first-order valence-corrected chi connectivity index (χ1v) is 7.84. The molecule has 1 aliphatic rings. The summed E-state index contributed by atoms with van der Waals surface area (Å²) in [5, 5.41) is -1.38. The van der Waals surface area contributed by atoms with Gasteiger partial charge < -0.3 is 0 Å². The number of hydrogen-bond acceptors (Lipinski definition) is 3. The average molecular weight is 318 g/mol. The summed E-state index contributed by atoms with van der Waals surface area (Å²) < 4.78 is 62.8. The van der Waals surface area contributed by atoms with E-state index >= 15 is 0 Å². The van der Waals surface area contributed by atoms with Gasteiger partial charge in [0, 0.05) is 5.92 Å². The van der Waals surface area contributed by atoms with E-state index in [4.69, 9.17) is 0 Å². The Morgan fingerprint density at radius 3 is 2.19 bits per heavy atom. The zero-order valence-electron chi connectivity index (χ0n) is 10.9. The molecule has 0 fully saturated rings. The molecule has 0 radical (unpaired) electrons. The van der Waals surface area contributed by atoms with Gasteiger partial charge >= 0.3 is 6.18 Å². The quantitative estimate of drug-likeness (QED) is 0.805. The molecule has 0 heterocycles. The van der Waals surface area contributed by atoms with E-state index in [0.29, 0.717) is 0 Å². The van der Waals surface area contributed by atoms with Crippen LogP contribution in [0.2, 0.25) is 0 Å². The average Bonchev–Trinajstić information content (AvgIpc) is 2.46. The van der Waals surface area contributed by atoms with Crippen molar-refractivity contribution >= 4 is 15.6 Å². The molecule has 7 heteroatoms. The normalized spacial score (nSPS) is 23.0. The summed E-state index contributed by atoms with van der Waals surface area (Å²) in [7, 11) is -3.99. The molecular weight excluding hydrogens is 305 g/mol. The molecule has 2 atom stereocenters. The second kappa shape index (κ2) is 5.63. The Hall–Kier alpha value is -1.63. The van der Waals surface area contributed by atoms with Crippen molar-refractivity contribution in [2.45, 2.75) is 29.2 Å². The summed E-state index contributed by atoms with van der Waals surface area (Å²) >= 11 is 0. The molecule has 1 aromatic rings. The minimum absolute atomic E-state index is 0.0646. The summed E-state index contributed by atoms with van der Waals surface area (Å²) in [5.74, 6) is -3.56. The Morgan fingerprint density at radius 2 is 1.62 bits per heavy atom. The zero-order valence-corrected chi connectivity index (χ0v) is 11.7. The highest BCUT2D eigenvalue weighted by Gasteiger charge is 2.49. The molecule has 0 aromatic heterocycles. The van der Waals surface area contributed by atoms with E-state index in [1.54, 1.807) is 6.07 Å². The van der Waals surface area contributed by atoms with E-state index in [9.17, 15) is 26.4 Å². The van der Waals surface area contributed by atoms with Gasteiger partial charge in [0.2, 0.25) is 5.78 Å². The fourth-order valence-electron chi connectivity index (χ4n) is 2.40. The summed E-state index contributed by atoms with van der Waals surface area (Å²) in [6.07, 6.45) is -2.41. The number of alkyl halides is 3. The Balaban J connectivity index is 2.41. The number of carbonyl (C=O) groups excluding carboxylic acids is 1. The van der Waals surface area contributed by atoms with Crippen molar-refractivity contribution in [1.29, 1.82) is 0 Å². The van der Waals surface area contributed by atoms with Gasteiger partial charge in [-0.25, -0.2) is 8.42 Å². The zero-order chi connectivity index (χ0) is 15.7. The smallest absolute Gasteiger partial charge is 0.289 e. The highest BCUT2D eigenvalue weighted by Crippen LogP contribution is 2.34. The number of carbonyl (C=O) groups is 1. The van der Waals surface area contributed by atoms with E-state index in [1.807, 2.05) is 0 Å². The summed E-state index contributed by atoms with van der Waals surface area (Å²) in [6, 6.07) is 7.24. The Kier molecular flexibility index (Phi) is 4.22. The van der Waals surface area contributed by atoms with Crippen molar-refractivity contribution < 1.29 is 26.4 Å². The molecule has 1 aliphatic carbocycles. The van der Waals surface area contributed by atoms with Gasteiger partial charge in [0.25, 0.3) is 0 Å². The van der Waals surface area contributed by atoms with Gasteiger partial charge in [-0.3, -0.25) is 4.79 Å². The van der Waals surface area contributed by atoms with Crippen molar-refractivity contribution in [3.05, 3.63) is 42.5 Å². The maximum Gasteiger partial charge on any atom is 0.450 e. The van der Waals surface area contributed by atoms with Crippen LogP contribution in [0.3, 0.4) is 0 Å². The van der Waals surface area contributed by atoms with Gasteiger partial charge in [-0.1, -0.05) is 30.4 Å². The third kappa shape index (κ3) is 3.18. The van der Waals surface area contributed by atoms with Crippen LogP contribution >= 0.6 is 0 Å². The van der Waals surface area contributed by atoms with Crippen molar-refractivity contribution in [3.8, 4) is 0 Å². The van der Waals surface area contributed by atoms with E-state index < -0.39 is 33.0 Å². The Bertz CT molecular complexity index is 648. The van der Waals surface area contributed by atoms with Crippen LogP contribution < -0.4 is 0 Å². The molecule has 114 valence electrons. The molecule has 0 amide bonds. The van der Waals surface area contributed by atoms with Gasteiger partial charge in [0.15, 0.2) is 9.84 Å². The number of sulfone groups is 1. The van der Waals surface area contributed by atoms with E-state index in [2.05, 4.69) is 0 Å². The number of hydrogen-bond donors (Lipinski definition) is 0. The molecule has 0 saturated carbocycles. The molecular formula is C14H13F3O3S. The molecule has 0 spiro atoms. The maximum absolute atomic E-state index is 12.6. The fraction of sp³-hybridized carbons (Fsp3) is 0.357. The van der Waals surface area contributed by atoms with E-state index in [0.717, 1.165) is 0 Å². The van der Waals surface area contributed by atoms with Crippen LogP contribution in [0.5, 0.6) is 0 Å². The predicted molar refractivity (Wildman–Crippen MR) is 70.3 cm³/mol. The van der Waals surface area contributed by atoms with Crippen LogP contribution in [-0.2, 0) is 14.6 Å². The van der Waals surface area contributed by atoms with E-state index in [1.165, 1.54) is 36.4 Å². The highest BCUT2D eigenvalue weighted by molar-refractivity contribution is 7.92. The monoisotopic (exact) mass is 318 g/mol. The van der Waals surface area contributed by atoms with Gasteiger partial charge in [0.05, 0.1) is 10.1 Å². The number of benzene rings is 1. The number of allylic oxidation sites excluding steroid dienone is 2. The first-order valence-electron chi connectivity index (χ1n) is 6.29. The first-order chi connectivity index (χ1) is 9.74. The summed E-state index contributed by atoms with van der Waals surface area (Å²) in [4.78, 5) is 11.4. The number of rotatable bonds is 3. The second-order valence-corrected chi connectivity index (χ2v) is 6.97. The SMILES string of the molecule is O=C([C@H]1CC=CC[C@@H]1S(=O)(=O)c1ccccc1)C(F)(F)F. The number of ketones is 1. The molecule has 1 aromatic carbocycles. The molecule has 21 heavy (non-hydrogen) atoms. The lowest BCUT2D eigenvalue weighted by molar-refractivity contribution is -0.175. The van der Waals surface area contributed by atoms with Crippen LogP contribution in [0.15, 0.2) is 47.4 Å². The lowest BCUT2D eigenvalue weighted by Gasteiger charge is -2.27. The molecule has 3 nitrogen and oxygen atoms in total. The molecule has 2 rings (SSSR count). The van der Waals surface area contributed by atoms with Gasteiger partial charge in [-0.2, -0.15) is 13.2 Å². The summed E-state index contributed by atoms with van der Waals surface area (Å²) in [6.45, 7) is 0. The topological polar surface area (TPSA) is 51.2 Å². The molecule has 0 N–H and O–H groups in total. The van der Waals surface area contributed by atoms with Crippen molar-refractivity contribution in [2.24, 2.45) is 5.92 Å². The molecule has 0 saturated heterocycles. The highest BCUT2D eigenvalue weighted by atomic mass is 32.2. The fourth-order valence-corrected chi connectivity index (χ4v) is 4.32. The van der Waals surface area contributed by atoms with E-state index in [-0.39, 0.29) is 17.7 Å². The van der Waals surface area contributed by atoms with Crippen molar-refractivity contribution in [1.82, 2.24) is 0 Å². The van der Waals surface area contributed by atoms with Crippen molar-refractivity contribution in [2.75, 3.05) is 0 Å². The third-order valence-electron chi connectivity index (χ3n) is 3.46. The van der Waals surface area contributed by atoms with Crippen LogP contribution in [-0.4, -0.2) is 25.6 Å². The Morgan fingerprint density at radius 1 is 1.05 bits per heavy atom. The molecule has 0 aliphatic heterocycles. The van der Waals surface area contributed by atoms with Gasteiger partial charge in [-0.05, 0) is 25.0 Å². The maximum atomic E-state index is 12.6. The largest absolute Gasteiger partial charge is 0.450 e. The van der Waals surface area contributed by atoms with Crippen molar-refractivity contribution in [3.63, 3.8) is 0 Å². The minimum Gasteiger partial charge on any atom is -0.289 e. The van der Waals surface area contributed by atoms with Gasteiger partial charge in [-0.15, -0.1) is 0 Å². The lowest BCUT2D eigenvalue weighted by atomic mass is 9.89. The summed E-state index contributed by atoms with van der Waals surface area (Å²) in [5.41, 5.74) is 0. The van der Waals surface area contributed by atoms with Crippen LogP contribution in [0.1, 0.15) is 12.8 Å². The number of halogens is 3. The van der Waals surface area contributed by atoms with Gasteiger partial charge in [0.1, 0.15) is 0 Å². The first kappa shape index (κ1) is 15.8. The standard InChI is InChI=1S/C14H13F3O3S/c15-14(16,17)13(18)11-8-4-5-9-12(11)21(19,20)10-6-2-1-3-7-10/h1-7,11-12H,8-9H2/t11-,12-/m0/s1.